The zero-order valence-corrected chi connectivity index (χ0v) is 11.4. The van der Waals surface area contributed by atoms with Crippen molar-refractivity contribution in [1.82, 2.24) is 4.98 Å². The summed E-state index contributed by atoms with van der Waals surface area (Å²) >= 11 is 12.0. The smallest absolute Gasteiger partial charge is 0.100 e. The minimum Gasteiger partial charge on any atom is -0.386 e. The van der Waals surface area contributed by atoms with E-state index in [1.807, 2.05) is 31.2 Å². The van der Waals surface area contributed by atoms with E-state index < -0.39 is 6.10 Å². The Morgan fingerprint density at radius 2 is 2.06 bits per heavy atom. The van der Waals surface area contributed by atoms with E-state index in [4.69, 9.17) is 23.2 Å². The number of benzene rings is 1. The summed E-state index contributed by atoms with van der Waals surface area (Å²) in [6.07, 6.45) is 1.41. The number of hydrogen-bond donors (Lipinski definition) is 1. The first-order chi connectivity index (χ1) is 8.58. The molecule has 18 heavy (non-hydrogen) atoms. The van der Waals surface area contributed by atoms with Gasteiger partial charge in [-0.15, -0.1) is 0 Å². The summed E-state index contributed by atoms with van der Waals surface area (Å²) in [6, 6.07) is 9.16. The second-order valence-electron chi connectivity index (χ2n) is 4.19. The number of rotatable bonds is 3. The average molecular weight is 282 g/mol. The van der Waals surface area contributed by atoms with Crippen LogP contribution < -0.4 is 0 Å². The van der Waals surface area contributed by atoms with Crippen LogP contribution in [0.1, 0.15) is 22.9 Å². The molecular formula is C14H13Cl2NO. The lowest BCUT2D eigenvalue weighted by molar-refractivity contribution is 0.173. The van der Waals surface area contributed by atoms with Crippen LogP contribution in [-0.4, -0.2) is 10.1 Å². The molecule has 0 aliphatic heterocycles. The lowest BCUT2D eigenvalue weighted by Crippen LogP contribution is -2.04. The van der Waals surface area contributed by atoms with Gasteiger partial charge in [0.05, 0.1) is 15.7 Å². The minimum atomic E-state index is -0.680. The number of aliphatic hydroxyl groups excluding tert-OH is 1. The van der Waals surface area contributed by atoms with E-state index in [-0.39, 0.29) is 0 Å². The van der Waals surface area contributed by atoms with Crippen molar-refractivity contribution in [3.05, 3.63) is 63.4 Å². The Morgan fingerprint density at radius 1 is 1.28 bits per heavy atom. The first kappa shape index (κ1) is 13.3. The number of halogens is 2. The highest BCUT2D eigenvalue weighted by molar-refractivity contribution is 6.42. The van der Waals surface area contributed by atoms with Crippen molar-refractivity contribution in [2.45, 2.75) is 19.4 Å². The molecule has 0 fully saturated rings. The van der Waals surface area contributed by atoms with E-state index in [2.05, 4.69) is 4.98 Å². The molecule has 1 N–H and O–H groups in total. The summed E-state index contributed by atoms with van der Waals surface area (Å²) in [5, 5.41) is 11.1. The highest BCUT2D eigenvalue weighted by Crippen LogP contribution is 2.28. The molecule has 1 aromatic carbocycles. The van der Waals surface area contributed by atoms with Crippen molar-refractivity contribution in [3.8, 4) is 0 Å². The molecule has 0 aliphatic carbocycles. The highest BCUT2D eigenvalue weighted by atomic mass is 35.5. The van der Waals surface area contributed by atoms with Gasteiger partial charge in [-0.2, -0.15) is 0 Å². The van der Waals surface area contributed by atoms with E-state index in [0.717, 1.165) is 11.1 Å². The molecule has 1 atom stereocenters. The maximum Gasteiger partial charge on any atom is 0.100 e. The van der Waals surface area contributed by atoms with Crippen LogP contribution in [0.15, 0.2) is 36.5 Å². The summed E-state index contributed by atoms with van der Waals surface area (Å²) < 4.78 is 0. The van der Waals surface area contributed by atoms with Gasteiger partial charge in [0.1, 0.15) is 6.10 Å². The van der Waals surface area contributed by atoms with E-state index >= 15 is 0 Å². The Kier molecular flexibility index (Phi) is 4.23. The Balaban J connectivity index is 2.21. The quantitative estimate of drug-likeness (QED) is 0.923. The molecule has 0 spiro atoms. The molecular weight excluding hydrogens is 269 g/mol. The number of nitrogens with zero attached hydrogens (tertiary/aromatic N) is 1. The maximum atomic E-state index is 10.1. The van der Waals surface area contributed by atoms with Crippen LogP contribution in [0.4, 0.5) is 0 Å². The van der Waals surface area contributed by atoms with Crippen molar-refractivity contribution in [3.63, 3.8) is 0 Å². The fourth-order valence-electron chi connectivity index (χ4n) is 1.76. The Labute approximate surface area is 116 Å². The summed E-state index contributed by atoms with van der Waals surface area (Å²) in [7, 11) is 0. The molecule has 1 unspecified atom stereocenters. The topological polar surface area (TPSA) is 33.1 Å². The third-order valence-electron chi connectivity index (χ3n) is 2.72. The van der Waals surface area contributed by atoms with Gasteiger partial charge in [-0.25, -0.2) is 0 Å². The van der Waals surface area contributed by atoms with Crippen LogP contribution in [0.5, 0.6) is 0 Å². The average Bonchev–Trinajstić information content (AvgIpc) is 2.35. The number of aryl methyl sites for hydroxylation is 1. The van der Waals surface area contributed by atoms with Gasteiger partial charge in [0.15, 0.2) is 0 Å². The summed E-state index contributed by atoms with van der Waals surface area (Å²) in [4.78, 5) is 4.16. The van der Waals surface area contributed by atoms with Crippen molar-refractivity contribution < 1.29 is 5.11 Å². The molecule has 0 bridgehead atoms. The van der Waals surface area contributed by atoms with Crippen LogP contribution in [-0.2, 0) is 6.42 Å². The van der Waals surface area contributed by atoms with Crippen molar-refractivity contribution in [1.29, 1.82) is 0 Å². The number of pyridine rings is 1. The molecule has 2 aromatic rings. The van der Waals surface area contributed by atoms with E-state index in [9.17, 15) is 5.11 Å². The van der Waals surface area contributed by atoms with Gasteiger partial charge in [0.25, 0.3) is 0 Å². The predicted octanol–water partition coefficient (Wildman–Crippen LogP) is 3.97. The van der Waals surface area contributed by atoms with Gasteiger partial charge in [0, 0.05) is 12.6 Å². The SMILES string of the molecule is Cc1ccnc(C(O)Cc2cccc(Cl)c2Cl)c1. The molecule has 0 aliphatic rings. The van der Waals surface area contributed by atoms with Crippen LogP contribution in [0, 0.1) is 6.92 Å². The first-order valence-electron chi connectivity index (χ1n) is 5.61. The predicted molar refractivity (Wildman–Crippen MR) is 74.1 cm³/mol. The number of aromatic nitrogens is 1. The lowest BCUT2D eigenvalue weighted by Gasteiger charge is -2.12. The molecule has 0 radical (unpaired) electrons. The Bertz CT molecular complexity index is 557. The van der Waals surface area contributed by atoms with Crippen molar-refractivity contribution >= 4 is 23.2 Å². The van der Waals surface area contributed by atoms with E-state index in [1.54, 1.807) is 12.3 Å². The minimum absolute atomic E-state index is 0.399. The summed E-state index contributed by atoms with van der Waals surface area (Å²) in [6.45, 7) is 1.96. The fourth-order valence-corrected chi connectivity index (χ4v) is 2.16. The number of hydrogen-bond acceptors (Lipinski definition) is 2. The molecule has 2 nitrogen and oxygen atoms in total. The van der Waals surface area contributed by atoms with Gasteiger partial charge in [-0.3, -0.25) is 4.98 Å². The number of aliphatic hydroxyl groups is 1. The molecule has 4 heteroatoms. The molecule has 0 amide bonds. The first-order valence-corrected chi connectivity index (χ1v) is 6.37. The largest absolute Gasteiger partial charge is 0.386 e. The van der Waals surface area contributed by atoms with Crippen LogP contribution >= 0.6 is 23.2 Å². The maximum absolute atomic E-state index is 10.1. The third kappa shape index (κ3) is 3.02. The molecule has 94 valence electrons. The van der Waals surface area contributed by atoms with Gasteiger partial charge >= 0.3 is 0 Å². The third-order valence-corrected chi connectivity index (χ3v) is 3.58. The zero-order valence-electron chi connectivity index (χ0n) is 9.90. The van der Waals surface area contributed by atoms with Crippen LogP contribution in [0.25, 0.3) is 0 Å². The monoisotopic (exact) mass is 281 g/mol. The van der Waals surface area contributed by atoms with Crippen molar-refractivity contribution in [2.75, 3.05) is 0 Å². The molecule has 2 rings (SSSR count). The van der Waals surface area contributed by atoms with Gasteiger partial charge < -0.3 is 5.11 Å². The summed E-state index contributed by atoms with van der Waals surface area (Å²) in [5.41, 5.74) is 2.53. The second kappa shape index (κ2) is 5.70. The normalized spacial score (nSPS) is 12.4. The van der Waals surface area contributed by atoms with Crippen LogP contribution in [0.3, 0.4) is 0 Å². The van der Waals surface area contributed by atoms with Crippen LogP contribution in [0.2, 0.25) is 10.0 Å². The Hall–Kier alpha value is -1.09. The van der Waals surface area contributed by atoms with Crippen molar-refractivity contribution in [2.24, 2.45) is 0 Å². The standard InChI is InChI=1S/C14H13Cl2NO/c1-9-5-6-17-12(7-9)13(18)8-10-3-2-4-11(15)14(10)16/h2-7,13,18H,8H2,1H3. The van der Waals surface area contributed by atoms with E-state index in [0.29, 0.717) is 22.2 Å². The molecule has 1 aromatic heterocycles. The van der Waals surface area contributed by atoms with Gasteiger partial charge in [-0.05, 0) is 36.2 Å². The second-order valence-corrected chi connectivity index (χ2v) is 4.98. The summed E-state index contributed by atoms with van der Waals surface area (Å²) in [5.74, 6) is 0. The highest BCUT2D eigenvalue weighted by Gasteiger charge is 2.13. The molecule has 0 saturated heterocycles. The molecule has 0 saturated carbocycles. The zero-order chi connectivity index (χ0) is 13.1. The van der Waals surface area contributed by atoms with Gasteiger partial charge in [-0.1, -0.05) is 35.3 Å². The lowest BCUT2D eigenvalue weighted by atomic mass is 10.0. The molecule has 1 heterocycles. The fraction of sp³-hybridized carbons (Fsp3) is 0.214. The van der Waals surface area contributed by atoms with E-state index in [1.165, 1.54) is 0 Å². The van der Waals surface area contributed by atoms with Gasteiger partial charge in [0.2, 0.25) is 0 Å². The Morgan fingerprint density at radius 3 is 2.78 bits per heavy atom.